The van der Waals surface area contributed by atoms with Gasteiger partial charge in [0.1, 0.15) is 6.10 Å². The SMILES string of the molecule is COC1=NC[C@@H](Br)[C@H](c2ccccc2)O1. The van der Waals surface area contributed by atoms with Crippen LogP contribution in [-0.2, 0) is 9.47 Å². The van der Waals surface area contributed by atoms with Gasteiger partial charge in [-0.15, -0.1) is 0 Å². The van der Waals surface area contributed by atoms with Gasteiger partial charge < -0.3 is 9.47 Å². The molecule has 0 unspecified atom stereocenters. The van der Waals surface area contributed by atoms with E-state index >= 15 is 0 Å². The van der Waals surface area contributed by atoms with Crippen molar-refractivity contribution in [1.29, 1.82) is 0 Å². The zero-order valence-electron chi connectivity index (χ0n) is 8.39. The number of rotatable bonds is 1. The molecule has 80 valence electrons. The maximum Gasteiger partial charge on any atom is 0.383 e. The minimum absolute atomic E-state index is 0.0290. The fraction of sp³-hybridized carbons (Fsp3) is 0.364. The van der Waals surface area contributed by atoms with E-state index in [4.69, 9.17) is 9.47 Å². The van der Waals surface area contributed by atoms with Crippen LogP contribution in [0.15, 0.2) is 35.3 Å². The lowest BCUT2D eigenvalue weighted by Crippen LogP contribution is -2.28. The van der Waals surface area contributed by atoms with Gasteiger partial charge in [-0.25, -0.2) is 4.99 Å². The molecule has 3 nitrogen and oxygen atoms in total. The average molecular weight is 270 g/mol. The van der Waals surface area contributed by atoms with Crippen molar-refractivity contribution >= 4 is 22.0 Å². The van der Waals surface area contributed by atoms with Crippen LogP contribution in [0.1, 0.15) is 11.7 Å². The number of alkyl halides is 1. The quantitative estimate of drug-likeness (QED) is 0.734. The van der Waals surface area contributed by atoms with Crippen LogP contribution in [0.3, 0.4) is 0 Å². The van der Waals surface area contributed by atoms with Gasteiger partial charge in [0.25, 0.3) is 0 Å². The molecule has 0 aromatic heterocycles. The molecule has 1 aliphatic heterocycles. The summed E-state index contributed by atoms with van der Waals surface area (Å²) >= 11 is 3.56. The van der Waals surface area contributed by atoms with E-state index in [1.165, 1.54) is 0 Å². The summed E-state index contributed by atoms with van der Waals surface area (Å²) in [6.45, 7) is 0.669. The summed E-state index contributed by atoms with van der Waals surface area (Å²) in [6, 6.07) is 10.1. The van der Waals surface area contributed by atoms with E-state index in [0.717, 1.165) is 5.56 Å². The van der Waals surface area contributed by atoms with Crippen LogP contribution in [0.4, 0.5) is 0 Å². The molecule has 4 heteroatoms. The number of methoxy groups -OCH3 is 1. The average Bonchev–Trinajstić information content (AvgIpc) is 2.31. The zero-order valence-corrected chi connectivity index (χ0v) is 9.98. The molecule has 0 amide bonds. The van der Waals surface area contributed by atoms with Crippen LogP contribution >= 0.6 is 15.9 Å². The van der Waals surface area contributed by atoms with E-state index in [1.54, 1.807) is 7.11 Å². The number of ether oxygens (including phenoxy) is 2. The summed E-state index contributed by atoms with van der Waals surface area (Å²) in [5, 5.41) is 0. The first-order chi connectivity index (χ1) is 7.31. The summed E-state index contributed by atoms with van der Waals surface area (Å²) in [7, 11) is 1.56. The van der Waals surface area contributed by atoms with Gasteiger partial charge in [0, 0.05) is 0 Å². The van der Waals surface area contributed by atoms with E-state index in [-0.39, 0.29) is 10.9 Å². The van der Waals surface area contributed by atoms with Crippen molar-refractivity contribution in [1.82, 2.24) is 0 Å². The minimum Gasteiger partial charge on any atom is -0.454 e. The second-order valence-electron chi connectivity index (χ2n) is 3.28. The number of halogens is 1. The van der Waals surface area contributed by atoms with Crippen molar-refractivity contribution < 1.29 is 9.47 Å². The van der Waals surface area contributed by atoms with Gasteiger partial charge in [-0.05, 0) is 5.56 Å². The zero-order chi connectivity index (χ0) is 10.7. The van der Waals surface area contributed by atoms with E-state index in [0.29, 0.717) is 12.6 Å². The lowest BCUT2D eigenvalue weighted by Gasteiger charge is -2.26. The normalized spacial score (nSPS) is 25.3. The first kappa shape index (κ1) is 10.5. The van der Waals surface area contributed by atoms with Gasteiger partial charge in [0.2, 0.25) is 0 Å². The van der Waals surface area contributed by atoms with E-state index in [9.17, 15) is 0 Å². The smallest absolute Gasteiger partial charge is 0.383 e. The first-order valence-corrected chi connectivity index (χ1v) is 5.67. The Balaban J connectivity index is 2.19. The highest BCUT2D eigenvalue weighted by Crippen LogP contribution is 2.29. The molecule has 0 aliphatic carbocycles. The number of hydrogen-bond acceptors (Lipinski definition) is 3. The minimum atomic E-state index is -0.0290. The summed E-state index contributed by atoms with van der Waals surface area (Å²) in [5.41, 5.74) is 1.13. The van der Waals surface area contributed by atoms with Crippen LogP contribution in [0, 0.1) is 0 Å². The van der Waals surface area contributed by atoms with E-state index < -0.39 is 0 Å². The van der Waals surface area contributed by atoms with Gasteiger partial charge in [-0.1, -0.05) is 46.3 Å². The van der Waals surface area contributed by atoms with Gasteiger partial charge >= 0.3 is 6.08 Å². The van der Waals surface area contributed by atoms with Crippen LogP contribution in [0.2, 0.25) is 0 Å². The molecular formula is C11H12BrNO2. The largest absolute Gasteiger partial charge is 0.454 e. The molecule has 0 fully saturated rings. The lowest BCUT2D eigenvalue weighted by molar-refractivity contribution is 0.111. The third kappa shape index (κ3) is 2.31. The molecule has 2 rings (SSSR count). The molecule has 0 bridgehead atoms. The molecule has 1 aliphatic rings. The van der Waals surface area contributed by atoms with Crippen LogP contribution in [0.25, 0.3) is 0 Å². The molecular weight excluding hydrogens is 258 g/mol. The summed E-state index contributed by atoms with van der Waals surface area (Å²) in [5.74, 6) is 0. The summed E-state index contributed by atoms with van der Waals surface area (Å²) < 4.78 is 10.6. The fourth-order valence-corrected chi connectivity index (χ4v) is 2.07. The number of benzene rings is 1. The van der Waals surface area contributed by atoms with Gasteiger partial charge in [0.15, 0.2) is 0 Å². The molecule has 1 aromatic carbocycles. The number of nitrogens with zero attached hydrogens (tertiary/aromatic N) is 1. The van der Waals surface area contributed by atoms with Crippen molar-refractivity contribution in [2.24, 2.45) is 4.99 Å². The fourth-order valence-electron chi connectivity index (χ4n) is 1.51. The number of hydrogen-bond donors (Lipinski definition) is 0. The number of aliphatic imine (C=N–C) groups is 1. The molecule has 1 heterocycles. The molecule has 0 N–H and O–H groups in total. The van der Waals surface area contributed by atoms with Crippen molar-refractivity contribution in [3.8, 4) is 0 Å². The highest BCUT2D eigenvalue weighted by molar-refractivity contribution is 9.09. The molecule has 0 spiro atoms. The topological polar surface area (TPSA) is 30.8 Å². The monoisotopic (exact) mass is 269 g/mol. The third-order valence-electron chi connectivity index (χ3n) is 2.25. The third-order valence-corrected chi connectivity index (χ3v) is 3.02. The van der Waals surface area contributed by atoms with Crippen LogP contribution < -0.4 is 0 Å². The molecule has 0 saturated heterocycles. The highest BCUT2D eigenvalue weighted by Gasteiger charge is 2.28. The second kappa shape index (κ2) is 4.66. The Bertz CT molecular complexity index is 353. The Morgan fingerprint density at radius 2 is 2.13 bits per heavy atom. The van der Waals surface area contributed by atoms with Crippen molar-refractivity contribution in [3.63, 3.8) is 0 Å². The molecule has 2 atom stereocenters. The summed E-state index contributed by atoms with van der Waals surface area (Å²) in [4.78, 5) is 4.32. The Labute approximate surface area is 97.2 Å². The van der Waals surface area contributed by atoms with Crippen molar-refractivity contribution in [3.05, 3.63) is 35.9 Å². The van der Waals surface area contributed by atoms with Crippen LogP contribution in [-0.4, -0.2) is 24.6 Å². The van der Waals surface area contributed by atoms with Crippen molar-refractivity contribution in [2.75, 3.05) is 13.7 Å². The lowest BCUT2D eigenvalue weighted by atomic mass is 10.1. The molecule has 0 radical (unpaired) electrons. The molecule has 0 saturated carbocycles. The highest BCUT2D eigenvalue weighted by atomic mass is 79.9. The summed E-state index contributed by atoms with van der Waals surface area (Å²) in [6.07, 6.45) is 0.332. The Morgan fingerprint density at radius 1 is 1.40 bits per heavy atom. The second-order valence-corrected chi connectivity index (χ2v) is 4.45. The van der Waals surface area contributed by atoms with Crippen molar-refractivity contribution in [2.45, 2.75) is 10.9 Å². The van der Waals surface area contributed by atoms with Gasteiger partial charge in [0.05, 0.1) is 18.5 Å². The first-order valence-electron chi connectivity index (χ1n) is 4.75. The van der Waals surface area contributed by atoms with E-state index in [1.807, 2.05) is 30.3 Å². The predicted molar refractivity (Wildman–Crippen MR) is 62.3 cm³/mol. The Kier molecular flexibility index (Phi) is 3.26. The van der Waals surface area contributed by atoms with E-state index in [2.05, 4.69) is 20.9 Å². The maximum absolute atomic E-state index is 5.61. The Morgan fingerprint density at radius 3 is 2.80 bits per heavy atom. The molecule has 15 heavy (non-hydrogen) atoms. The predicted octanol–water partition coefficient (Wildman–Crippen LogP) is 2.52. The maximum atomic E-state index is 5.61. The molecule has 1 aromatic rings. The standard InChI is InChI=1S/C11H12BrNO2/c1-14-11-13-7-9(12)10(15-11)8-5-3-2-4-6-8/h2-6,9-10H,7H2,1H3/t9-,10+/m1/s1. The Hall–Kier alpha value is -1.03. The van der Waals surface area contributed by atoms with Gasteiger partial charge in [-0.3, -0.25) is 0 Å². The van der Waals surface area contributed by atoms with Crippen LogP contribution in [0.5, 0.6) is 0 Å². The van der Waals surface area contributed by atoms with Gasteiger partial charge in [-0.2, -0.15) is 0 Å².